The van der Waals surface area contributed by atoms with Gasteiger partial charge < -0.3 is 19.8 Å². The molecule has 0 aliphatic rings. The van der Waals surface area contributed by atoms with Crippen LogP contribution in [0, 0.1) is 13.8 Å². The Labute approximate surface area is 103 Å². The normalized spacial score (nSPS) is 10.3. The van der Waals surface area contributed by atoms with Gasteiger partial charge in [-0.05, 0) is 19.9 Å². The molecule has 6 nitrogen and oxygen atoms in total. The van der Waals surface area contributed by atoms with Gasteiger partial charge in [0.2, 0.25) is 0 Å². The lowest BCUT2D eigenvalue weighted by Gasteiger charge is -2.03. The van der Waals surface area contributed by atoms with Gasteiger partial charge in [0, 0.05) is 17.5 Å². The fraction of sp³-hybridized carbons (Fsp3) is 0.167. The number of carboxylic acid groups (broad SMARTS) is 1. The van der Waals surface area contributed by atoms with Crippen LogP contribution in [0.4, 0.5) is 5.69 Å². The van der Waals surface area contributed by atoms with Gasteiger partial charge >= 0.3 is 5.97 Å². The molecular formula is C12H12N2O4. The zero-order valence-corrected chi connectivity index (χ0v) is 9.90. The molecule has 18 heavy (non-hydrogen) atoms. The van der Waals surface area contributed by atoms with Crippen molar-refractivity contribution in [2.75, 3.05) is 5.32 Å². The van der Waals surface area contributed by atoms with Crippen LogP contribution in [0.1, 0.15) is 32.2 Å². The summed E-state index contributed by atoms with van der Waals surface area (Å²) >= 11 is 0. The number of carboxylic acids is 1. The summed E-state index contributed by atoms with van der Waals surface area (Å²) in [5.74, 6) is -1.40. The summed E-state index contributed by atoms with van der Waals surface area (Å²) in [4.78, 5) is 25.7. The molecule has 3 N–H and O–H groups in total. The number of aromatic carboxylic acids is 1. The van der Waals surface area contributed by atoms with Gasteiger partial charge in [-0.2, -0.15) is 0 Å². The number of rotatable bonds is 3. The Morgan fingerprint density at radius 1 is 1.39 bits per heavy atom. The van der Waals surface area contributed by atoms with E-state index in [1.165, 1.54) is 12.5 Å². The highest BCUT2D eigenvalue weighted by Crippen LogP contribution is 2.20. The molecule has 2 aromatic heterocycles. The van der Waals surface area contributed by atoms with Gasteiger partial charge in [0.15, 0.2) is 5.76 Å². The number of carbonyl (C=O) groups excluding carboxylic acids is 1. The van der Waals surface area contributed by atoms with Crippen LogP contribution in [-0.4, -0.2) is 22.0 Å². The molecule has 0 radical (unpaired) electrons. The third kappa shape index (κ3) is 2.00. The number of hydrogen-bond acceptors (Lipinski definition) is 3. The van der Waals surface area contributed by atoms with Crippen LogP contribution < -0.4 is 5.32 Å². The summed E-state index contributed by atoms with van der Waals surface area (Å²) < 4.78 is 5.04. The van der Waals surface area contributed by atoms with E-state index in [0.29, 0.717) is 11.3 Å². The second kappa shape index (κ2) is 4.40. The van der Waals surface area contributed by atoms with Crippen LogP contribution in [0.15, 0.2) is 22.9 Å². The van der Waals surface area contributed by atoms with E-state index < -0.39 is 11.9 Å². The van der Waals surface area contributed by atoms with Crippen molar-refractivity contribution in [3.63, 3.8) is 0 Å². The Morgan fingerprint density at radius 3 is 2.67 bits per heavy atom. The number of hydrogen-bond donors (Lipinski definition) is 3. The zero-order chi connectivity index (χ0) is 13.3. The Balaban J connectivity index is 2.28. The highest BCUT2D eigenvalue weighted by atomic mass is 16.4. The fourth-order valence-electron chi connectivity index (χ4n) is 1.69. The van der Waals surface area contributed by atoms with E-state index in [9.17, 15) is 9.59 Å². The molecule has 0 unspecified atom stereocenters. The number of aromatic amines is 1. The first kappa shape index (κ1) is 12.0. The largest absolute Gasteiger partial charge is 0.478 e. The van der Waals surface area contributed by atoms with E-state index in [1.807, 2.05) is 0 Å². The van der Waals surface area contributed by atoms with Crippen molar-refractivity contribution in [2.24, 2.45) is 0 Å². The molecule has 0 spiro atoms. The maximum Gasteiger partial charge on any atom is 0.339 e. The lowest BCUT2D eigenvalue weighted by molar-refractivity contribution is 0.0697. The van der Waals surface area contributed by atoms with Gasteiger partial charge in [0.25, 0.3) is 5.91 Å². The molecule has 0 atom stereocenters. The van der Waals surface area contributed by atoms with Gasteiger partial charge in [0.1, 0.15) is 5.56 Å². The molecule has 94 valence electrons. The summed E-state index contributed by atoms with van der Waals surface area (Å²) in [6, 6.07) is 1.66. The molecule has 2 aromatic rings. The minimum atomic E-state index is -1.10. The third-order valence-electron chi connectivity index (χ3n) is 2.61. The SMILES string of the molecule is Cc1ccoc1C(=O)Nc1c[nH]c(C)c1C(=O)O. The predicted octanol–water partition coefficient (Wildman–Crippen LogP) is 2.18. The molecule has 0 saturated heterocycles. The van der Waals surface area contributed by atoms with Crippen LogP contribution >= 0.6 is 0 Å². The Kier molecular flexibility index (Phi) is 2.93. The van der Waals surface area contributed by atoms with Crippen molar-refractivity contribution in [3.05, 3.63) is 41.1 Å². The summed E-state index contributed by atoms with van der Waals surface area (Å²) in [5, 5.41) is 11.5. The topological polar surface area (TPSA) is 95.3 Å². The smallest absolute Gasteiger partial charge is 0.339 e. The number of H-pyrrole nitrogens is 1. The van der Waals surface area contributed by atoms with E-state index in [-0.39, 0.29) is 17.0 Å². The zero-order valence-electron chi connectivity index (χ0n) is 9.90. The van der Waals surface area contributed by atoms with E-state index in [4.69, 9.17) is 9.52 Å². The minimum Gasteiger partial charge on any atom is -0.478 e. The van der Waals surface area contributed by atoms with Crippen molar-refractivity contribution in [1.82, 2.24) is 4.98 Å². The maximum absolute atomic E-state index is 11.9. The average Bonchev–Trinajstić information content (AvgIpc) is 2.85. The van der Waals surface area contributed by atoms with Crippen LogP contribution in [0.2, 0.25) is 0 Å². The van der Waals surface area contributed by atoms with Gasteiger partial charge in [-0.1, -0.05) is 0 Å². The van der Waals surface area contributed by atoms with E-state index in [1.54, 1.807) is 19.9 Å². The first-order valence-electron chi connectivity index (χ1n) is 5.27. The molecule has 0 aliphatic carbocycles. The van der Waals surface area contributed by atoms with Crippen molar-refractivity contribution in [1.29, 1.82) is 0 Å². The standard InChI is InChI=1S/C12H12N2O4/c1-6-3-4-18-10(6)11(15)14-8-5-13-7(2)9(8)12(16)17/h3-5,13H,1-2H3,(H,14,15)(H,16,17). The molecule has 1 amide bonds. The number of amides is 1. The van der Waals surface area contributed by atoms with E-state index >= 15 is 0 Å². The van der Waals surface area contributed by atoms with Gasteiger partial charge in [-0.25, -0.2) is 4.79 Å². The monoisotopic (exact) mass is 248 g/mol. The second-order valence-electron chi connectivity index (χ2n) is 3.89. The van der Waals surface area contributed by atoms with Gasteiger partial charge in [-0.3, -0.25) is 4.79 Å². The lowest BCUT2D eigenvalue weighted by atomic mass is 10.2. The first-order valence-corrected chi connectivity index (χ1v) is 5.27. The molecule has 0 aliphatic heterocycles. The van der Waals surface area contributed by atoms with Crippen LogP contribution in [0.3, 0.4) is 0 Å². The number of carbonyl (C=O) groups is 2. The number of aromatic nitrogens is 1. The third-order valence-corrected chi connectivity index (χ3v) is 2.61. The number of anilines is 1. The Hall–Kier alpha value is -2.50. The molecule has 0 bridgehead atoms. The molecule has 6 heteroatoms. The molecule has 0 aromatic carbocycles. The first-order chi connectivity index (χ1) is 8.50. The number of aryl methyl sites for hydroxylation is 2. The van der Waals surface area contributed by atoms with Crippen molar-refractivity contribution in [3.8, 4) is 0 Å². The van der Waals surface area contributed by atoms with Crippen molar-refractivity contribution in [2.45, 2.75) is 13.8 Å². The molecular weight excluding hydrogens is 236 g/mol. The van der Waals surface area contributed by atoms with Crippen LogP contribution in [0.5, 0.6) is 0 Å². The molecule has 0 saturated carbocycles. The lowest BCUT2D eigenvalue weighted by Crippen LogP contribution is -2.14. The molecule has 0 fully saturated rings. The van der Waals surface area contributed by atoms with E-state index in [0.717, 1.165) is 0 Å². The van der Waals surface area contributed by atoms with Gasteiger partial charge in [0.05, 0.1) is 12.0 Å². The quantitative estimate of drug-likeness (QED) is 0.775. The highest BCUT2D eigenvalue weighted by Gasteiger charge is 2.19. The van der Waals surface area contributed by atoms with Crippen LogP contribution in [-0.2, 0) is 0 Å². The van der Waals surface area contributed by atoms with Gasteiger partial charge in [-0.15, -0.1) is 0 Å². The summed E-state index contributed by atoms with van der Waals surface area (Å²) in [6.07, 6.45) is 2.85. The summed E-state index contributed by atoms with van der Waals surface area (Å²) in [5.41, 5.74) is 1.44. The Bertz CT molecular complexity index is 609. The summed E-state index contributed by atoms with van der Waals surface area (Å²) in [7, 11) is 0. The average molecular weight is 248 g/mol. The fourth-order valence-corrected chi connectivity index (χ4v) is 1.69. The number of nitrogens with one attached hydrogen (secondary N) is 2. The van der Waals surface area contributed by atoms with Crippen molar-refractivity contribution < 1.29 is 19.1 Å². The minimum absolute atomic E-state index is 0.0487. The number of furan rings is 1. The maximum atomic E-state index is 11.9. The van der Waals surface area contributed by atoms with Crippen molar-refractivity contribution >= 4 is 17.6 Å². The second-order valence-corrected chi connectivity index (χ2v) is 3.89. The van der Waals surface area contributed by atoms with E-state index in [2.05, 4.69) is 10.3 Å². The predicted molar refractivity (Wildman–Crippen MR) is 63.9 cm³/mol. The molecule has 2 rings (SSSR count). The van der Waals surface area contributed by atoms with Crippen LogP contribution in [0.25, 0.3) is 0 Å². The molecule has 2 heterocycles. The summed E-state index contributed by atoms with van der Waals surface area (Å²) in [6.45, 7) is 3.36. The highest BCUT2D eigenvalue weighted by molar-refractivity contribution is 6.07. The Morgan fingerprint density at radius 2 is 2.11 bits per heavy atom.